The van der Waals surface area contributed by atoms with Gasteiger partial charge in [0.05, 0.1) is 0 Å². The molecule has 1 atom stereocenters. The third-order valence-electron chi connectivity index (χ3n) is 6.24. The maximum atomic E-state index is 13.3. The van der Waals surface area contributed by atoms with Crippen molar-refractivity contribution < 1.29 is 14.3 Å². The standard InChI is InChI=1S/C28H32N4O3/c1-4-31(5-2)22-15-16-23(20(3)19-22)30-25(33)14-10-18-32-27-24(13-9-17-29-27)35-26(28(32)34)21-11-7-6-8-12-21/h6-9,11-13,15-17,19,26H,4-5,10,14,18H2,1-3H3,(H,30,33)/t26-/m1/s1. The summed E-state index contributed by atoms with van der Waals surface area (Å²) < 4.78 is 5.99. The number of nitrogens with zero attached hydrogens (tertiary/aromatic N) is 3. The lowest BCUT2D eigenvalue weighted by molar-refractivity contribution is -0.127. The molecule has 2 amide bonds. The number of ether oxygens (including phenoxy) is 1. The highest BCUT2D eigenvalue weighted by molar-refractivity contribution is 5.99. The van der Waals surface area contributed by atoms with Gasteiger partial charge in [-0.25, -0.2) is 4.98 Å². The number of rotatable bonds is 9. The molecular weight excluding hydrogens is 440 g/mol. The van der Waals surface area contributed by atoms with Gasteiger partial charge in [-0.05, 0) is 63.1 Å². The van der Waals surface area contributed by atoms with Gasteiger partial charge in [0.15, 0.2) is 11.6 Å². The van der Waals surface area contributed by atoms with Gasteiger partial charge in [-0.3, -0.25) is 14.5 Å². The molecule has 2 heterocycles. The topological polar surface area (TPSA) is 74.8 Å². The third kappa shape index (κ3) is 5.45. The third-order valence-corrected chi connectivity index (χ3v) is 6.24. The fourth-order valence-electron chi connectivity index (χ4n) is 4.34. The summed E-state index contributed by atoms with van der Waals surface area (Å²) >= 11 is 0. The van der Waals surface area contributed by atoms with E-state index in [4.69, 9.17) is 4.74 Å². The fraction of sp³-hybridized carbons (Fsp3) is 0.321. The number of hydrogen-bond donors (Lipinski definition) is 1. The van der Waals surface area contributed by atoms with Crippen LogP contribution in [0.3, 0.4) is 0 Å². The predicted molar refractivity (Wildman–Crippen MR) is 139 cm³/mol. The van der Waals surface area contributed by atoms with E-state index in [9.17, 15) is 9.59 Å². The van der Waals surface area contributed by atoms with Crippen LogP contribution < -0.4 is 19.9 Å². The minimum absolute atomic E-state index is 0.0785. The number of aromatic nitrogens is 1. The van der Waals surface area contributed by atoms with E-state index in [-0.39, 0.29) is 11.8 Å². The molecule has 182 valence electrons. The Hall–Kier alpha value is -3.87. The molecule has 1 aromatic heterocycles. The van der Waals surface area contributed by atoms with Crippen LogP contribution >= 0.6 is 0 Å². The van der Waals surface area contributed by atoms with Gasteiger partial charge in [-0.15, -0.1) is 0 Å². The molecule has 1 aliphatic rings. The van der Waals surface area contributed by atoms with Crippen molar-refractivity contribution in [3.63, 3.8) is 0 Å². The largest absolute Gasteiger partial charge is 0.472 e. The van der Waals surface area contributed by atoms with Crippen LogP contribution in [0.15, 0.2) is 66.9 Å². The van der Waals surface area contributed by atoms with Gasteiger partial charge in [0, 0.05) is 49.2 Å². The summed E-state index contributed by atoms with van der Waals surface area (Å²) in [4.78, 5) is 34.2. The smallest absolute Gasteiger partial charge is 0.274 e. The molecule has 0 unspecified atom stereocenters. The van der Waals surface area contributed by atoms with Crippen molar-refractivity contribution in [2.24, 2.45) is 0 Å². The number of nitrogens with one attached hydrogen (secondary N) is 1. The Kier molecular flexibility index (Phi) is 7.65. The Bertz CT molecular complexity index is 1180. The van der Waals surface area contributed by atoms with E-state index in [0.29, 0.717) is 31.0 Å². The van der Waals surface area contributed by atoms with E-state index in [2.05, 4.69) is 35.1 Å². The summed E-state index contributed by atoms with van der Waals surface area (Å²) in [7, 11) is 0. The van der Waals surface area contributed by atoms with Crippen molar-refractivity contribution >= 4 is 29.0 Å². The van der Waals surface area contributed by atoms with E-state index in [0.717, 1.165) is 35.6 Å². The van der Waals surface area contributed by atoms with Gasteiger partial charge in [-0.1, -0.05) is 30.3 Å². The van der Waals surface area contributed by atoms with Crippen LogP contribution in [0.2, 0.25) is 0 Å². The molecule has 1 N–H and O–H groups in total. The van der Waals surface area contributed by atoms with Crippen LogP contribution in [0.4, 0.5) is 17.2 Å². The molecule has 0 saturated heterocycles. The van der Waals surface area contributed by atoms with Crippen LogP contribution in [0.25, 0.3) is 0 Å². The number of anilines is 3. The Balaban J connectivity index is 1.40. The zero-order chi connectivity index (χ0) is 24.8. The van der Waals surface area contributed by atoms with E-state index in [1.54, 1.807) is 17.2 Å². The highest BCUT2D eigenvalue weighted by Crippen LogP contribution is 2.37. The number of fused-ring (bicyclic) bond motifs is 1. The monoisotopic (exact) mass is 472 g/mol. The number of carbonyl (C=O) groups is 2. The molecule has 2 aromatic carbocycles. The normalized spacial score (nSPS) is 14.8. The van der Waals surface area contributed by atoms with E-state index in [1.165, 1.54) is 0 Å². The van der Waals surface area contributed by atoms with Crippen molar-refractivity contribution in [2.45, 2.75) is 39.7 Å². The van der Waals surface area contributed by atoms with Gasteiger partial charge in [0.1, 0.15) is 0 Å². The Morgan fingerprint density at radius 2 is 1.86 bits per heavy atom. The Labute approximate surface area is 206 Å². The van der Waals surface area contributed by atoms with Crippen LogP contribution in [0, 0.1) is 6.92 Å². The van der Waals surface area contributed by atoms with Crippen LogP contribution in [-0.2, 0) is 9.59 Å². The molecule has 7 heteroatoms. The maximum Gasteiger partial charge on any atom is 0.274 e. The van der Waals surface area contributed by atoms with Crippen molar-refractivity contribution in [2.75, 3.05) is 34.8 Å². The summed E-state index contributed by atoms with van der Waals surface area (Å²) in [6.45, 7) is 8.51. The lowest BCUT2D eigenvalue weighted by atomic mass is 10.1. The molecule has 35 heavy (non-hydrogen) atoms. The van der Waals surface area contributed by atoms with Crippen LogP contribution in [0.1, 0.15) is 43.9 Å². The van der Waals surface area contributed by atoms with Crippen molar-refractivity contribution in [3.05, 3.63) is 78.0 Å². The molecule has 0 spiro atoms. The lowest BCUT2D eigenvalue weighted by Crippen LogP contribution is -2.42. The first-order valence-corrected chi connectivity index (χ1v) is 12.1. The Morgan fingerprint density at radius 3 is 2.57 bits per heavy atom. The average molecular weight is 473 g/mol. The maximum absolute atomic E-state index is 13.3. The zero-order valence-corrected chi connectivity index (χ0v) is 20.5. The second-order valence-corrected chi connectivity index (χ2v) is 8.55. The van der Waals surface area contributed by atoms with Gasteiger partial charge < -0.3 is 15.0 Å². The quantitative estimate of drug-likeness (QED) is 0.468. The molecule has 0 bridgehead atoms. The summed E-state index contributed by atoms with van der Waals surface area (Å²) in [5.41, 5.74) is 3.77. The summed E-state index contributed by atoms with van der Waals surface area (Å²) in [5, 5.41) is 3.01. The van der Waals surface area contributed by atoms with Crippen LogP contribution in [0.5, 0.6) is 5.75 Å². The van der Waals surface area contributed by atoms with Crippen molar-refractivity contribution in [1.82, 2.24) is 4.98 Å². The van der Waals surface area contributed by atoms with Crippen LogP contribution in [-0.4, -0.2) is 36.4 Å². The number of amides is 2. The first-order chi connectivity index (χ1) is 17.0. The molecule has 7 nitrogen and oxygen atoms in total. The Morgan fingerprint density at radius 1 is 1.09 bits per heavy atom. The second-order valence-electron chi connectivity index (χ2n) is 8.55. The summed E-state index contributed by atoms with van der Waals surface area (Å²) in [6, 6.07) is 19.1. The van der Waals surface area contributed by atoms with Crippen molar-refractivity contribution in [3.8, 4) is 5.75 Å². The molecule has 0 radical (unpaired) electrons. The molecular formula is C28H32N4O3. The molecule has 0 saturated carbocycles. The summed E-state index contributed by atoms with van der Waals surface area (Å²) in [6.07, 6.45) is 1.71. The summed E-state index contributed by atoms with van der Waals surface area (Å²) in [5.74, 6) is 0.804. The first-order valence-electron chi connectivity index (χ1n) is 12.1. The number of pyridine rings is 1. The second kappa shape index (κ2) is 11.0. The van der Waals surface area contributed by atoms with E-state index in [1.807, 2.05) is 55.5 Å². The molecule has 3 aromatic rings. The average Bonchev–Trinajstić information content (AvgIpc) is 2.88. The van der Waals surface area contributed by atoms with Gasteiger partial charge in [0.25, 0.3) is 5.91 Å². The SMILES string of the molecule is CCN(CC)c1ccc(NC(=O)CCCN2C(=O)[C@@H](c3ccccc3)Oc3cccnc32)c(C)c1. The minimum Gasteiger partial charge on any atom is -0.472 e. The fourth-order valence-corrected chi connectivity index (χ4v) is 4.34. The zero-order valence-electron chi connectivity index (χ0n) is 20.5. The van der Waals surface area contributed by atoms with E-state index < -0.39 is 6.10 Å². The first kappa shape index (κ1) is 24.3. The number of aryl methyl sites for hydroxylation is 1. The predicted octanol–water partition coefficient (Wildman–Crippen LogP) is 5.12. The number of hydrogen-bond acceptors (Lipinski definition) is 5. The number of benzene rings is 2. The van der Waals surface area contributed by atoms with Gasteiger partial charge in [0.2, 0.25) is 12.0 Å². The van der Waals surface area contributed by atoms with E-state index >= 15 is 0 Å². The van der Waals surface area contributed by atoms with Crippen molar-refractivity contribution in [1.29, 1.82) is 0 Å². The molecule has 4 rings (SSSR count). The number of carbonyl (C=O) groups excluding carboxylic acids is 2. The molecule has 0 aliphatic carbocycles. The molecule has 1 aliphatic heterocycles. The van der Waals surface area contributed by atoms with Gasteiger partial charge in [-0.2, -0.15) is 0 Å². The van der Waals surface area contributed by atoms with Gasteiger partial charge >= 0.3 is 0 Å². The minimum atomic E-state index is -0.728. The lowest BCUT2D eigenvalue weighted by Gasteiger charge is -2.33. The highest BCUT2D eigenvalue weighted by atomic mass is 16.5. The molecule has 0 fully saturated rings. The highest BCUT2D eigenvalue weighted by Gasteiger charge is 2.36.